The quantitative estimate of drug-likeness (QED) is 0.737. The Labute approximate surface area is 79.2 Å². The van der Waals surface area contributed by atoms with E-state index in [-0.39, 0.29) is 0 Å². The molecule has 0 amide bonds. The largest absolute Gasteiger partial charge is 0.340 e. The second kappa shape index (κ2) is 3.92. The molecule has 0 bridgehead atoms. The van der Waals surface area contributed by atoms with Gasteiger partial charge in [0.1, 0.15) is 0 Å². The van der Waals surface area contributed by atoms with Crippen LogP contribution in [0.4, 0.5) is 0 Å². The molecule has 0 spiro atoms. The molecule has 0 saturated carbocycles. The van der Waals surface area contributed by atoms with E-state index < -0.39 is 0 Å². The van der Waals surface area contributed by atoms with Gasteiger partial charge in [-0.15, -0.1) is 0 Å². The van der Waals surface area contributed by atoms with Crippen LogP contribution in [0.15, 0.2) is 12.5 Å². The van der Waals surface area contributed by atoms with Gasteiger partial charge in [-0.25, -0.2) is 4.98 Å². The molecule has 72 valence electrons. The van der Waals surface area contributed by atoms with Gasteiger partial charge >= 0.3 is 0 Å². The molecule has 2 rings (SSSR count). The normalized spacial score (nSPS) is 23.3. The molecule has 1 saturated heterocycles. The maximum absolute atomic E-state index is 4.33. The van der Waals surface area contributed by atoms with Crippen LogP contribution in [-0.4, -0.2) is 22.1 Å². The smallest absolute Gasteiger partial charge is 0.0946 e. The average Bonchev–Trinajstić information content (AvgIpc) is 2.53. The van der Waals surface area contributed by atoms with Crippen molar-refractivity contribution in [1.29, 1.82) is 0 Å². The van der Waals surface area contributed by atoms with Gasteiger partial charge in [0.05, 0.1) is 12.0 Å². The number of aryl methyl sites for hydroxylation is 1. The molecule has 0 aliphatic carbocycles. The number of rotatable bonds is 2. The molecule has 1 N–H and O–H groups in total. The van der Waals surface area contributed by atoms with Gasteiger partial charge in [-0.05, 0) is 19.4 Å². The van der Waals surface area contributed by atoms with Crippen LogP contribution in [0.5, 0.6) is 0 Å². The molecule has 3 heteroatoms. The fourth-order valence-corrected chi connectivity index (χ4v) is 1.92. The van der Waals surface area contributed by atoms with Crippen molar-refractivity contribution in [1.82, 2.24) is 14.9 Å². The summed E-state index contributed by atoms with van der Waals surface area (Å²) >= 11 is 0. The van der Waals surface area contributed by atoms with E-state index in [1.54, 1.807) is 0 Å². The van der Waals surface area contributed by atoms with E-state index in [4.69, 9.17) is 0 Å². The van der Waals surface area contributed by atoms with Crippen LogP contribution in [0.1, 0.15) is 25.0 Å². The lowest BCUT2D eigenvalue weighted by molar-refractivity contribution is 0.397. The standard InChI is InChI=1S/C10H17N3/c1-13-7-10(12-8-13)6-9-4-2-3-5-11-9/h7-9,11H,2-6H2,1H3. The number of nitrogens with one attached hydrogen (secondary N) is 1. The monoisotopic (exact) mass is 179 g/mol. The first kappa shape index (κ1) is 8.75. The number of nitrogens with zero attached hydrogens (tertiary/aromatic N) is 2. The van der Waals surface area contributed by atoms with E-state index in [2.05, 4.69) is 16.5 Å². The molecule has 2 heterocycles. The first-order valence-corrected chi connectivity index (χ1v) is 5.05. The van der Waals surface area contributed by atoms with Gasteiger partial charge in [0.15, 0.2) is 0 Å². The zero-order chi connectivity index (χ0) is 9.10. The Morgan fingerprint density at radius 1 is 1.62 bits per heavy atom. The molecule has 1 unspecified atom stereocenters. The number of hydrogen-bond acceptors (Lipinski definition) is 2. The highest BCUT2D eigenvalue weighted by Gasteiger charge is 2.13. The molecular formula is C10H17N3. The highest BCUT2D eigenvalue weighted by molar-refractivity contribution is 4.99. The van der Waals surface area contributed by atoms with Gasteiger partial charge in [-0.3, -0.25) is 0 Å². The Balaban J connectivity index is 1.89. The van der Waals surface area contributed by atoms with E-state index >= 15 is 0 Å². The van der Waals surface area contributed by atoms with Crippen molar-refractivity contribution >= 4 is 0 Å². The minimum absolute atomic E-state index is 0.656. The van der Waals surface area contributed by atoms with Crippen LogP contribution >= 0.6 is 0 Å². The number of hydrogen-bond donors (Lipinski definition) is 1. The van der Waals surface area contributed by atoms with Crippen LogP contribution < -0.4 is 5.32 Å². The summed E-state index contributed by atoms with van der Waals surface area (Å²) in [7, 11) is 2.02. The molecule has 0 radical (unpaired) electrons. The van der Waals surface area contributed by atoms with Gasteiger partial charge in [0.2, 0.25) is 0 Å². The first-order chi connectivity index (χ1) is 6.34. The van der Waals surface area contributed by atoms with Crippen molar-refractivity contribution < 1.29 is 0 Å². The molecule has 1 fully saturated rings. The van der Waals surface area contributed by atoms with Crippen molar-refractivity contribution in [2.75, 3.05) is 6.54 Å². The molecule has 13 heavy (non-hydrogen) atoms. The van der Waals surface area contributed by atoms with Crippen LogP contribution in [0, 0.1) is 0 Å². The molecule has 1 aromatic rings. The Morgan fingerprint density at radius 3 is 3.15 bits per heavy atom. The molecule has 0 aromatic carbocycles. The average molecular weight is 179 g/mol. The van der Waals surface area contributed by atoms with E-state index in [1.165, 1.54) is 31.5 Å². The van der Waals surface area contributed by atoms with Crippen molar-refractivity contribution in [2.45, 2.75) is 31.7 Å². The zero-order valence-electron chi connectivity index (χ0n) is 8.16. The van der Waals surface area contributed by atoms with Crippen LogP contribution in [0.3, 0.4) is 0 Å². The minimum atomic E-state index is 0.656. The number of imidazole rings is 1. The van der Waals surface area contributed by atoms with Gasteiger partial charge in [-0.2, -0.15) is 0 Å². The predicted octanol–water partition coefficient (Wildman–Crippen LogP) is 1.10. The summed E-state index contributed by atoms with van der Waals surface area (Å²) in [5.41, 5.74) is 1.21. The van der Waals surface area contributed by atoms with Crippen molar-refractivity contribution in [3.8, 4) is 0 Å². The third-order valence-electron chi connectivity index (χ3n) is 2.63. The van der Waals surface area contributed by atoms with Crippen LogP contribution in [0.25, 0.3) is 0 Å². The zero-order valence-corrected chi connectivity index (χ0v) is 8.16. The summed E-state index contributed by atoms with van der Waals surface area (Å²) in [5.74, 6) is 0. The fourth-order valence-electron chi connectivity index (χ4n) is 1.92. The van der Waals surface area contributed by atoms with E-state index in [9.17, 15) is 0 Å². The lowest BCUT2D eigenvalue weighted by atomic mass is 10.0. The third kappa shape index (κ3) is 2.31. The summed E-state index contributed by atoms with van der Waals surface area (Å²) in [6.07, 6.45) is 9.06. The molecule has 1 aliphatic heterocycles. The van der Waals surface area contributed by atoms with Gasteiger partial charge in [-0.1, -0.05) is 6.42 Å². The third-order valence-corrected chi connectivity index (χ3v) is 2.63. The Kier molecular flexibility index (Phi) is 2.64. The Hall–Kier alpha value is -0.830. The van der Waals surface area contributed by atoms with Gasteiger partial charge in [0.25, 0.3) is 0 Å². The summed E-state index contributed by atoms with van der Waals surface area (Å²) in [6.45, 7) is 1.18. The molecular weight excluding hydrogens is 162 g/mol. The first-order valence-electron chi connectivity index (χ1n) is 5.05. The minimum Gasteiger partial charge on any atom is -0.340 e. The molecule has 1 aromatic heterocycles. The maximum Gasteiger partial charge on any atom is 0.0946 e. The van der Waals surface area contributed by atoms with Crippen LogP contribution in [-0.2, 0) is 13.5 Å². The summed E-state index contributed by atoms with van der Waals surface area (Å²) in [6, 6.07) is 0.656. The SMILES string of the molecule is Cn1cnc(CC2CCCCN2)c1. The van der Waals surface area contributed by atoms with Crippen LogP contribution in [0.2, 0.25) is 0 Å². The second-order valence-electron chi connectivity index (χ2n) is 3.88. The lowest BCUT2D eigenvalue weighted by Gasteiger charge is -2.22. The molecule has 1 aliphatic rings. The Bertz CT molecular complexity index is 261. The van der Waals surface area contributed by atoms with Crippen molar-refractivity contribution in [3.05, 3.63) is 18.2 Å². The lowest BCUT2D eigenvalue weighted by Crippen LogP contribution is -2.35. The van der Waals surface area contributed by atoms with E-state index in [0.717, 1.165) is 6.42 Å². The summed E-state index contributed by atoms with van der Waals surface area (Å²) < 4.78 is 2.01. The number of aromatic nitrogens is 2. The highest BCUT2D eigenvalue weighted by Crippen LogP contribution is 2.11. The number of piperidine rings is 1. The molecule has 3 nitrogen and oxygen atoms in total. The van der Waals surface area contributed by atoms with E-state index in [1.807, 2.05) is 17.9 Å². The maximum atomic E-state index is 4.33. The van der Waals surface area contributed by atoms with Crippen molar-refractivity contribution in [2.24, 2.45) is 7.05 Å². The highest BCUT2D eigenvalue weighted by atomic mass is 15.0. The van der Waals surface area contributed by atoms with Gasteiger partial charge < -0.3 is 9.88 Å². The van der Waals surface area contributed by atoms with E-state index in [0.29, 0.717) is 6.04 Å². The summed E-state index contributed by atoms with van der Waals surface area (Å²) in [5, 5.41) is 3.53. The van der Waals surface area contributed by atoms with Gasteiger partial charge in [0, 0.05) is 25.7 Å². The Morgan fingerprint density at radius 2 is 2.54 bits per heavy atom. The summed E-state index contributed by atoms with van der Waals surface area (Å²) in [4.78, 5) is 4.33. The molecule has 1 atom stereocenters. The topological polar surface area (TPSA) is 29.9 Å². The second-order valence-corrected chi connectivity index (χ2v) is 3.88. The fraction of sp³-hybridized carbons (Fsp3) is 0.700. The van der Waals surface area contributed by atoms with Crippen molar-refractivity contribution in [3.63, 3.8) is 0 Å². The predicted molar refractivity (Wildman–Crippen MR) is 52.6 cm³/mol.